The number of rotatable bonds is 8. The Labute approximate surface area is 223 Å². The molecule has 0 saturated heterocycles. The predicted molar refractivity (Wildman–Crippen MR) is 147 cm³/mol. The minimum absolute atomic E-state index is 0.159. The van der Waals surface area contributed by atoms with Crippen molar-refractivity contribution in [3.05, 3.63) is 124 Å². The number of carbonyl (C=O) groups is 1. The van der Waals surface area contributed by atoms with Crippen LogP contribution in [-0.2, 0) is 6.61 Å². The van der Waals surface area contributed by atoms with Gasteiger partial charge in [-0.2, -0.15) is 5.10 Å². The fraction of sp³-hybridized carbons (Fsp3) is 0.103. The van der Waals surface area contributed by atoms with Gasteiger partial charge in [0, 0.05) is 33.4 Å². The Morgan fingerprint density at radius 3 is 2.51 bits per heavy atom. The van der Waals surface area contributed by atoms with Crippen LogP contribution in [0.2, 0.25) is 0 Å². The standard InChI is InChI=1S/C29H25BrN4O3/c1-20-8-9-21(2)34(20)23-10-12-26(13-11-23)36-19-27-14-15-28(37-27)29(35)32-31-18-25-7-4-16-33(25)24-6-3-5-22(30)17-24/h3-18H,19H2,1-2H3,(H,32,35)/b31-18+. The zero-order valence-corrected chi connectivity index (χ0v) is 22.0. The number of carbonyl (C=O) groups excluding carboxylic acids is 1. The normalized spacial score (nSPS) is 11.2. The molecular formula is C29H25BrN4O3. The molecule has 0 unspecified atom stereocenters. The second kappa shape index (κ2) is 10.8. The molecule has 1 amide bonds. The maximum absolute atomic E-state index is 12.5. The van der Waals surface area contributed by atoms with Crippen LogP contribution < -0.4 is 10.2 Å². The summed E-state index contributed by atoms with van der Waals surface area (Å²) in [4.78, 5) is 12.5. The van der Waals surface area contributed by atoms with Crippen LogP contribution in [0.5, 0.6) is 5.75 Å². The molecule has 0 aliphatic carbocycles. The number of hydrogen-bond donors (Lipinski definition) is 1. The molecule has 5 rings (SSSR count). The molecule has 7 nitrogen and oxygen atoms in total. The molecule has 37 heavy (non-hydrogen) atoms. The van der Waals surface area contributed by atoms with Crippen LogP contribution in [0.4, 0.5) is 0 Å². The van der Waals surface area contributed by atoms with Crippen molar-refractivity contribution in [2.75, 3.05) is 0 Å². The van der Waals surface area contributed by atoms with Gasteiger partial charge in [-0.05, 0) is 92.7 Å². The first-order chi connectivity index (χ1) is 18.0. The number of halogens is 1. The highest BCUT2D eigenvalue weighted by Crippen LogP contribution is 2.21. The van der Waals surface area contributed by atoms with E-state index in [0.29, 0.717) is 11.5 Å². The van der Waals surface area contributed by atoms with E-state index in [1.807, 2.05) is 71.4 Å². The average Bonchev–Trinajstić information content (AvgIpc) is 3.64. The number of hydrazone groups is 1. The molecule has 0 bridgehead atoms. The molecule has 2 aromatic carbocycles. The van der Waals surface area contributed by atoms with Gasteiger partial charge in [0.05, 0.1) is 11.9 Å². The molecule has 0 radical (unpaired) electrons. The van der Waals surface area contributed by atoms with Crippen LogP contribution >= 0.6 is 15.9 Å². The highest BCUT2D eigenvalue weighted by Gasteiger charge is 2.11. The highest BCUT2D eigenvalue weighted by molar-refractivity contribution is 9.10. The van der Waals surface area contributed by atoms with Gasteiger partial charge in [-0.1, -0.05) is 22.0 Å². The first-order valence-corrected chi connectivity index (χ1v) is 12.5. The number of hydrogen-bond acceptors (Lipinski definition) is 4. The lowest BCUT2D eigenvalue weighted by atomic mass is 10.3. The minimum atomic E-state index is -0.440. The summed E-state index contributed by atoms with van der Waals surface area (Å²) in [6.45, 7) is 4.36. The van der Waals surface area contributed by atoms with Crippen molar-refractivity contribution in [2.24, 2.45) is 5.10 Å². The van der Waals surface area contributed by atoms with Crippen LogP contribution in [0.25, 0.3) is 11.4 Å². The summed E-state index contributed by atoms with van der Waals surface area (Å²) >= 11 is 3.49. The van der Waals surface area contributed by atoms with Gasteiger partial charge in [0.25, 0.3) is 0 Å². The Morgan fingerprint density at radius 1 is 0.973 bits per heavy atom. The van der Waals surface area contributed by atoms with Gasteiger partial charge in [-0.3, -0.25) is 4.79 Å². The largest absolute Gasteiger partial charge is 0.486 e. The molecule has 5 aromatic rings. The van der Waals surface area contributed by atoms with Crippen molar-refractivity contribution >= 4 is 28.1 Å². The summed E-state index contributed by atoms with van der Waals surface area (Å²) in [5.74, 6) is 0.974. The topological polar surface area (TPSA) is 73.7 Å². The SMILES string of the molecule is Cc1ccc(C)n1-c1ccc(OCc2ccc(C(=O)N/N=C/c3cccn3-c3cccc(Br)c3)o2)cc1. The van der Waals surface area contributed by atoms with Gasteiger partial charge in [0.1, 0.15) is 18.1 Å². The lowest BCUT2D eigenvalue weighted by Gasteiger charge is -2.10. The maximum atomic E-state index is 12.5. The van der Waals surface area contributed by atoms with Gasteiger partial charge in [-0.25, -0.2) is 5.43 Å². The molecule has 0 atom stereocenters. The van der Waals surface area contributed by atoms with E-state index in [4.69, 9.17) is 9.15 Å². The lowest BCUT2D eigenvalue weighted by Crippen LogP contribution is -2.17. The first kappa shape index (κ1) is 24.4. The quantitative estimate of drug-likeness (QED) is 0.173. The molecule has 1 N–H and O–H groups in total. The Balaban J connectivity index is 1.16. The number of nitrogens with zero attached hydrogens (tertiary/aromatic N) is 3. The number of furan rings is 1. The summed E-state index contributed by atoms with van der Waals surface area (Å²) in [6.07, 6.45) is 3.52. The number of aromatic nitrogens is 2. The van der Waals surface area contributed by atoms with E-state index in [9.17, 15) is 4.79 Å². The summed E-state index contributed by atoms with van der Waals surface area (Å²) in [5, 5.41) is 4.09. The zero-order valence-electron chi connectivity index (χ0n) is 20.4. The minimum Gasteiger partial charge on any atom is -0.486 e. The van der Waals surface area contributed by atoms with Crippen LogP contribution in [-0.4, -0.2) is 21.3 Å². The molecule has 0 spiro atoms. The molecule has 3 aromatic heterocycles. The third-order valence-electron chi connectivity index (χ3n) is 5.86. The van der Waals surface area contributed by atoms with Gasteiger partial charge in [0.15, 0.2) is 5.76 Å². The van der Waals surface area contributed by atoms with E-state index in [1.165, 1.54) is 11.4 Å². The van der Waals surface area contributed by atoms with Gasteiger partial charge >= 0.3 is 5.91 Å². The summed E-state index contributed by atoms with van der Waals surface area (Å²) < 4.78 is 16.6. The van der Waals surface area contributed by atoms with Crippen molar-refractivity contribution in [3.63, 3.8) is 0 Å². The molecule has 0 saturated carbocycles. The molecule has 3 heterocycles. The molecule has 8 heteroatoms. The van der Waals surface area contributed by atoms with Gasteiger partial charge in [0.2, 0.25) is 0 Å². The predicted octanol–water partition coefficient (Wildman–Crippen LogP) is 6.58. The molecular weight excluding hydrogens is 532 g/mol. The smallest absolute Gasteiger partial charge is 0.307 e. The Kier molecular flexibility index (Phi) is 7.09. The second-order valence-electron chi connectivity index (χ2n) is 8.48. The van der Waals surface area contributed by atoms with Crippen molar-refractivity contribution in [3.8, 4) is 17.1 Å². The number of amides is 1. The molecule has 0 fully saturated rings. The monoisotopic (exact) mass is 556 g/mol. The van der Waals surface area contributed by atoms with E-state index < -0.39 is 5.91 Å². The molecule has 0 aliphatic rings. The Hall–Kier alpha value is -4.30. The van der Waals surface area contributed by atoms with E-state index in [1.54, 1.807) is 18.3 Å². The third-order valence-corrected chi connectivity index (χ3v) is 6.36. The summed E-state index contributed by atoms with van der Waals surface area (Å²) in [5.41, 5.74) is 7.74. The average molecular weight is 557 g/mol. The van der Waals surface area contributed by atoms with E-state index in [2.05, 4.69) is 57.0 Å². The number of benzene rings is 2. The van der Waals surface area contributed by atoms with Crippen molar-refractivity contribution in [2.45, 2.75) is 20.5 Å². The third kappa shape index (κ3) is 5.59. The lowest BCUT2D eigenvalue weighted by molar-refractivity contribution is 0.0923. The van der Waals surface area contributed by atoms with Crippen molar-refractivity contribution in [1.82, 2.24) is 14.6 Å². The van der Waals surface area contributed by atoms with Gasteiger partial charge < -0.3 is 18.3 Å². The molecule has 186 valence electrons. The number of nitrogens with one attached hydrogen (secondary N) is 1. The number of ether oxygens (including phenoxy) is 1. The van der Waals surface area contributed by atoms with Crippen LogP contribution in [0.15, 0.2) is 105 Å². The van der Waals surface area contributed by atoms with Crippen LogP contribution in [0, 0.1) is 13.8 Å². The summed E-state index contributed by atoms with van der Waals surface area (Å²) in [7, 11) is 0. The number of aryl methyl sites for hydroxylation is 2. The van der Waals surface area contributed by atoms with E-state index in [0.717, 1.165) is 21.5 Å². The Morgan fingerprint density at radius 2 is 1.76 bits per heavy atom. The van der Waals surface area contributed by atoms with Crippen LogP contribution in [0.1, 0.15) is 33.4 Å². The highest BCUT2D eigenvalue weighted by atomic mass is 79.9. The van der Waals surface area contributed by atoms with E-state index in [-0.39, 0.29) is 12.4 Å². The van der Waals surface area contributed by atoms with Gasteiger partial charge in [-0.15, -0.1) is 0 Å². The zero-order chi connectivity index (χ0) is 25.8. The summed E-state index contributed by atoms with van der Waals surface area (Å²) in [6, 6.07) is 27.1. The fourth-order valence-electron chi connectivity index (χ4n) is 4.07. The second-order valence-corrected chi connectivity index (χ2v) is 9.40. The van der Waals surface area contributed by atoms with E-state index >= 15 is 0 Å². The van der Waals surface area contributed by atoms with Crippen molar-refractivity contribution < 1.29 is 13.9 Å². The molecule has 0 aliphatic heterocycles. The first-order valence-electron chi connectivity index (χ1n) is 11.7. The fourth-order valence-corrected chi connectivity index (χ4v) is 4.46. The maximum Gasteiger partial charge on any atom is 0.307 e. The van der Waals surface area contributed by atoms with Crippen LogP contribution in [0.3, 0.4) is 0 Å². The van der Waals surface area contributed by atoms with Crippen molar-refractivity contribution in [1.29, 1.82) is 0 Å². The Bertz CT molecular complexity index is 1540.